The third-order valence-electron chi connectivity index (χ3n) is 3.17. The molecule has 0 atom stereocenters. The Morgan fingerprint density at radius 2 is 1.84 bits per heavy atom. The summed E-state index contributed by atoms with van der Waals surface area (Å²) in [5.74, 6) is -0.584. The van der Waals surface area contributed by atoms with Crippen molar-refractivity contribution in [3.63, 3.8) is 0 Å². The van der Waals surface area contributed by atoms with E-state index in [1.165, 1.54) is 19.2 Å². The molecule has 0 unspecified atom stereocenters. The fourth-order valence-electron chi connectivity index (χ4n) is 1.99. The zero-order valence-electron chi connectivity index (χ0n) is 15.1. The van der Waals surface area contributed by atoms with E-state index in [0.29, 0.717) is 12.2 Å². The molecule has 0 aliphatic heterocycles. The number of carbonyl (C=O) groups is 3. The molecular weight excluding hydrogens is 324 g/mol. The maximum absolute atomic E-state index is 11.9. The van der Waals surface area contributed by atoms with Crippen LogP contribution in [0.15, 0.2) is 18.2 Å². The van der Waals surface area contributed by atoms with Crippen molar-refractivity contribution in [1.29, 1.82) is 0 Å². The highest BCUT2D eigenvalue weighted by molar-refractivity contribution is 6.02. The standard InChI is InChI=1S/C17H26N4O4/c1-5-6-9-18-16(23)20-12-7-8-13(15(22)25-4)14(10-12)21-17(24)19-11(2)3/h7-8,10-11H,5-6,9H2,1-4H3,(H2,18,20,23)(H2,19,21,24). The molecule has 4 N–H and O–H groups in total. The third-order valence-corrected chi connectivity index (χ3v) is 3.17. The van der Waals surface area contributed by atoms with Crippen molar-refractivity contribution in [2.45, 2.75) is 39.7 Å². The first kappa shape index (κ1) is 20.3. The van der Waals surface area contributed by atoms with Crippen molar-refractivity contribution in [3.05, 3.63) is 23.8 Å². The van der Waals surface area contributed by atoms with Crippen LogP contribution in [0.2, 0.25) is 0 Å². The Kier molecular flexibility index (Phi) is 8.25. The molecule has 0 aliphatic rings. The summed E-state index contributed by atoms with van der Waals surface area (Å²) in [7, 11) is 1.26. The van der Waals surface area contributed by atoms with Gasteiger partial charge in [0, 0.05) is 18.3 Å². The number of hydrogen-bond donors (Lipinski definition) is 4. The molecular formula is C17H26N4O4. The Balaban J connectivity index is 2.91. The van der Waals surface area contributed by atoms with Gasteiger partial charge in [0.1, 0.15) is 0 Å². The third kappa shape index (κ3) is 7.11. The minimum absolute atomic E-state index is 0.0628. The number of anilines is 2. The summed E-state index contributed by atoms with van der Waals surface area (Å²) < 4.78 is 4.72. The highest BCUT2D eigenvalue weighted by Crippen LogP contribution is 2.22. The summed E-state index contributed by atoms with van der Waals surface area (Å²) in [6, 6.07) is 3.69. The van der Waals surface area contributed by atoms with Crippen LogP contribution in [-0.2, 0) is 4.74 Å². The van der Waals surface area contributed by atoms with Gasteiger partial charge < -0.3 is 26.0 Å². The molecule has 0 heterocycles. The van der Waals surface area contributed by atoms with E-state index in [-0.39, 0.29) is 23.3 Å². The van der Waals surface area contributed by atoms with E-state index in [1.54, 1.807) is 6.07 Å². The van der Waals surface area contributed by atoms with Crippen LogP contribution in [-0.4, -0.2) is 37.7 Å². The second-order valence-electron chi connectivity index (χ2n) is 5.74. The lowest BCUT2D eigenvalue weighted by atomic mass is 10.1. The number of carbonyl (C=O) groups excluding carboxylic acids is 3. The Morgan fingerprint density at radius 3 is 2.44 bits per heavy atom. The fraction of sp³-hybridized carbons (Fsp3) is 0.471. The van der Waals surface area contributed by atoms with E-state index >= 15 is 0 Å². The van der Waals surface area contributed by atoms with Gasteiger partial charge in [-0.2, -0.15) is 0 Å². The number of hydrogen-bond acceptors (Lipinski definition) is 4. The predicted octanol–water partition coefficient (Wildman–Crippen LogP) is 2.92. The molecule has 0 radical (unpaired) electrons. The smallest absolute Gasteiger partial charge is 0.339 e. The predicted molar refractivity (Wildman–Crippen MR) is 97.0 cm³/mol. The van der Waals surface area contributed by atoms with Gasteiger partial charge in [0.05, 0.1) is 18.4 Å². The molecule has 0 aromatic heterocycles. The first-order chi connectivity index (χ1) is 11.9. The van der Waals surface area contributed by atoms with Crippen molar-refractivity contribution >= 4 is 29.4 Å². The average molecular weight is 350 g/mol. The number of esters is 1. The molecule has 0 aliphatic carbocycles. The molecule has 0 saturated carbocycles. The van der Waals surface area contributed by atoms with Gasteiger partial charge >= 0.3 is 18.0 Å². The van der Waals surface area contributed by atoms with E-state index in [0.717, 1.165) is 12.8 Å². The zero-order chi connectivity index (χ0) is 18.8. The molecule has 0 spiro atoms. The largest absolute Gasteiger partial charge is 0.465 e. The van der Waals surface area contributed by atoms with Gasteiger partial charge in [0.15, 0.2) is 0 Å². The Hall–Kier alpha value is -2.77. The van der Waals surface area contributed by atoms with Gasteiger partial charge in [-0.25, -0.2) is 14.4 Å². The van der Waals surface area contributed by atoms with Crippen LogP contribution in [0.1, 0.15) is 44.0 Å². The second-order valence-corrected chi connectivity index (χ2v) is 5.74. The molecule has 1 rings (SSSR count). The van der Waals surface area contributed by atoms with E-state index in [2.05, 4.69) is 21.3 Å². The number of methoxy groups -OCH3 is 1. The maximum atomic E-state index is 11.9. The van der Waals surface area contributed by atoms with Crippen LogP contribution in [0.3, 0.4) is 0 Å². The highest BCUT2D eigenvalue weighted by atomic mass is 16.5. The summed E-state index contributed by atoms with van der Waals surface area (Å²) in [6.07, 6.45) is 1.87. The van der Waals surface area contributed by atoms with E-state index in [4.69, 9.17) is 4.74 Å². The van der Waals surface area contributed by atoms with Gasteiger partial charge in [-0.1, -0.05) is 13.3 Å². The van der Waals surface area contributed by atoms with Gasteiger partial charge in [-0.15, -0.1) is 0 Å². The van der Waals surface area contributed by atoms with Crippen molar-refractivity contribution in [2.75, 3.05) is 24.3 Å². The van der Waals surface area contributed by atoms with E-state index < -0.39 is 12.0 Å². The number of amides is 4. The first-order valence-electron chi connectivity index (χ1n) is 8.22. The molecule has 138 valence electrons. The van der Waals surface area contributed by atoms with Gasteiger partial charge in [-0.3, -0.25) is 0 Å². The SMILES string of the molecule is CCCCNC(=O)Nc1ccc(C(=O)OC)c(NC(=O)NC(C)C)c1. The van der Waals surface area contributed by atoms with Crippen molar-refractivity contribution in [3.8, 4) is 0 Å². The van der Waals surface area contributed by atoms with Crippen LogP contribution < -0.4 is 21.3 Å². The molecule has 0 fully saturated rings. The van der Waals surface area contributed by atoms with Crippen molar-refractivity contribution in [1.82, 2.24) is 10.6 Å². The van der Waals surface area contributed by atoms with Gasteiger partial charge in [0.25, 0.3) is 0 Å². The van der Waals surface area contributed by atoms with Crippen LogP contribution in [0, 0.1) is 0 Å². The number of nitrogens with one attached hydrogen (secondary N) is 4. The topological polar surface area (TPSA) is 109 Å². The van der Waals surface area contributed by atoms with Gasteiger partial charge in [-0.05, 0) is 38.5 Å². The second kappa shape index (κ2) is 10.2. The number of benzene rings is 1. The molecule has 8 nitrogen and oxygen atoms in total. The normalized spacial score (nSPS) is 10.1. The van der Waals surface area contributed by atoms with Crippen LogP contribution in [0.25, 0.3) is 0 Å². The molecule has 0 bridgehead atoms. The lowest BCUT2D eigenvalue weighted by Gasteiger charge is -2.14. The van der Waals surface area contributed by atoms with Gasteiger partial charge in [0.2, 0.25) is 0 Å². The number of urea groups is 2. The van der Waals surface area contributed by atoms with Crippen molar-refractivity contribution < 1.29 is 19.1 Å². The van der Waals surface area contributed by atoms with E-state index in [1.807, 2.05) is 20.8 Å². The monoisotopic (exact) mass is 350 g/mol. The summed E-state index contributed by atoms with van der Waals surface area (Å²) in [6.45, 7) is 6.24. The Morgan fingerprint density at radius 1 is 1.12 bits per heavy atom. The number of ether oxygens (including phenoxy) is 1. The van der Waals surface area contributed by atoms with Crippen LogP contribution in [0.5, 0.6) is 0 Å². The van der Waals surface area contributed by atoms with Crippen LogP contribution in [0.4, 0.5) is 21.0 Å². The summed E-state index contributed by atoms with van der Waals surface area (Å²) in [5.41, 5.74) is 0.885. The Labute approximate surface area is 147 Å². The molecule has 4 amide bonds. The number of unbranched alkanes of at least 4 members (excludes halogenated alkanes) is 1. The van der Waals surface area contributed by atoms with Crippen LogP contribution >= 0.6 is 0 Å². The quantitative estimate of drug-likeness (QED) is 0.448. The zero-order valence-corrected chi connectivity index (χ0v) is 15.1. The van der Waals surface area contributed by atoms with Crippen molar-refractivity contribution in [2.24, 2.45) is 0 Å². The van der Waals surface area contributed by atoms with E-state index in [9.17, 15) is 14.4 Å². The average Bonchev–Trinajstić information content (AvgIpc) is 2.53. The Bertz CT molecular complexity index is 617. The summed E-state index contributed by atoms with van der Waals surface area (Å²) >= 11 is 0. The molecule has 25 heavy (non-hydrogen) atoms. The molecule has 1 aromatic rings. The number of rotatable bonds is 7. The first-order valence-corrected chi connectivity index (χ1v) is 8.22. The fourth-order valence-corrected chi connectivity index (χ4v) is 1.99. The maximum Gasteiger partial charge on any atom is 0.339 e. The lowest BCUT2D eigenvalue weighted by Crippen LogP contribution is -2.34. The highest BCUT2D eigenvalue weighted by Gasteiger charge is 2.15. The molecule has 1 aromatic carbocycles. The molecule has 0 saturated heterocycles. The lowest BCUT2D eigenvalue weighted by molar-refractivity contribution is 0.0602. The minimum atomic E-state index is -0.584. The summed E-state index contributed by atoms with van der Waals surface area (Å²) in [4.78, 5) is 35.6. The molecule has 8 heteroatoms. The summed E-state index contributed by atoms with van der Waals surface area (Å²) in [5, 5.41) is 10.7. The minimum Gasteiger partial charge on any atom is -0.465 e.